The zero-order valence-electron chi connectivity index (χ0n) is 10.4. The van der Waals surface area contributed by atoms with E-state index in [0.29, 0.717) is 5.41 Å². The first-order valence-corrected chi connectivity index (χ1v) is 6.65. The third-order valence-corrected chi connectivity index (χ3v) is 5.13. The first kappa shape index (κ1) is 10.1. The second kappa shape index (κ2) is 3.00. The maximum absolute atomic E-state index is 6.35. The molecule has 0 bridgehead atoms. The molecule has 1 heteroatoms. The lowest BCUT2D eigenvalue weighted by Gasteiger charge is -2.34. The fraction of sp³-hybridized carbons (Fsp3) is 1.00. The van der Waals surface area contributed by atoms with Crippen molar-refractivity contribution in [1.82, 2.24) is 0 Å². The van der Waals surface area contributed by atoms with Gasteiger partial charge in [-0.05, 0) is 55.3 Å². The van der Waals surface area contributed by atoms with E-state index < -0.39 is 0 Å². The van der Waals surface area contributed by atoms with Gasteiger partial charge in [0.25, 0.3) is 0 Å². The third-order valence-electron chi connectivity index (χ3n) is 5.13. The lowest BCUT2D eigenvalue weighted by Crippen LogP contribution is -2.35. The topological polar surface area (TPSA) is 9.23 Å². The molecule has 0 aromatic carbocycles. The van der Waals surface area contributed by atoms with E-state index in [2.05, 4.69) is 20.8 Å². The van der Waals surface area contributed by atoms with Crippen molar-refractivity contribution in [3.05, 3.63) is 0 Å². The lowest BCUT2D eigenvalue weighted by molar-refractivity contribution is -0.0753. The molecule has 0 unspecified atom stereocenters. The highest BCUT2D eigenvalue weighted by Crippen LogP contribution is 2.56. The van der Waals surface area contributed by atoms with Gasteiger partial charge in [-0.25, -0.2) is 0 Å². The van der Waals surface area contributed by atoms with Crippen molar-refractivity contribution < 1.29 is 4.74 Å². The number of ether oxygens (including phenoxy) is 1. The maximum Gasteiger partial charge on any atom is 0.0713 e. The first-order chi connectivity index (χ1) is 7.01. The summed E-state index contributed by atoms with van der Waals surface area (Å²) in [6.07, 6.45) is 6.86. The molecule has 4 atom stereocenters. The molecular weight excluding hydrogens is 184 g/mol. The minimum absolute atomic E-state index is 0.261. The van der Waals surface area contributed by atoms with Crippen LogP contribution >= 0.6 is 0 Å². The zero-order valence-corrected chi connectivity index (χ0v) is 10.4. The van der Waals surface area contributed by atoms with Crippen molar-refractivity contribution in [2.75, 3.05) is 6.61 Å². The molecule has 0 aromatic rings. The zero-order chi connectivity index (χ0) is 10.7. The summed E-state index contributed by atoms with van der Waals surface area (Å²) in [5, 5.41) is 0. The predicted molar refractivity (Wildman–Crippen MR) is 61.7 cm³/mol. The Morgan fingerprint density at radius 2 is 2.00 bits per heavy atom. The van der Waals surface area contributed by atoms with Crippen LogP contribution in [0.1, 0.15) is 52.9 Å². The van der Waals surface area contributed by atoms with Crippen LogP contribution in [-0.2, 0) is 4.74 Å². The van der Waals surface area contributed by atoms with Gasteiger partial charge in [0.2, 0.25) is 0 Å². The van der Waals surface area contributed by atoms with Gasteiger partial charge in [0.15, 0.2) is 0 Å². The molecule has 0 N–H and O–H groups in total. The summed E-state index contributed by atoms with van der Waals surface area (Å²) in [6, 6.07) is 0. The molecule has 1 heterocycles. The molecule has 1 nitrogen and oxygen atoms in total. The van der Waals surface area contributed by atoms with Crippen LogP contribution in [0.3, 0.4) is 0 Å². The molecule has 3 fully saturated rings. The van der Waals surface area contributed by atoms with E-state index in [4.69, 9.17) is 4.74 Å². The highest BCUT2D eigenvalue weighted by molar-refractivity contribution is 5.03. The smallest absolute Gasteiger partial charge is 0.0713 e. The van der Waals surface area contributed by atoms with Crippen LogP contribution in [0.25, 0.3) is 0 Å². The van der Waals surface area contributed by atoms with E-state index in [0.717, 1.165) is 24.4 Å². The van der Waals surface area contributed by atoms with E-state index in [-0.39, 0.29) is 5.60 Å². The summed E-state index contributed by atoms with van der Waals surface area (Å²) in [7, 11) is 0. The lowest BCUT2D eigenvalue weighted by atomic mass is 9.85. The Hall–Kier alpha value is -0.0400. The second-order valence-electron chi connectivity index (χ2n) is 7.12. The highest BCUT2D eigenvalue weighted by Gasteiger charge is 2.53. The van der Waals surface area contributed by atoms with E-state index in [1.54, 1.807) is 0 Å². The molecule has 3 aliphatic rings. The molecule has 3 rings (SSSR count). The van der Waals surface area contributed by atoms with Crippen molar-refractivity contribution >= 4 is 0 Å². The molecule has 1 aliphatic heterocycles. The number of rotatable bonds is 0. The number of fused-ring (bicyclic) bond motifs is 1. The van der Waals surface area contributed by atoms with Gasteiger partial charge in [0.1, 0.15) is 0 Å². The highest BCUT2D eigenvalue weighted by atomic mass is 16.5. The van der Waals surface area contributed by atoms with E-state index in [1.807, 2.05) is 0 Å². The molecule has 1 saturated heterocycles. The van der Waals surface area contributed by atoms with Gasteiger partial charge in [-0.2, -0.15) is 0 Å². The van der Waals surface area contributed by atoms with Crippen LogP contribution in [0.5, 0.6) is 0 Å². The van der Waals surface area contributed by atoms with Crippen molar-refractivity contribution in [2.24, 2.45) is 23.2 Å². The average Bonchev–Trinajstić information content (AvgIpc) is 2.81. The molecule has 15 heavy (non-hydrogen) atoms. The van der Waals surface area contributed by atoms with Gasteiger partial charge >= 0.3 is 0 Å². The van der Waals surface area contributed by atoms with Gasteiger partial charge in [0.05, 0.1) is 12.2 Å². The van der Waals surface area contributed by atoms with Crippen LogP contribution in [0.2, 0.25) is 0 Å². The van der Waals surface area contributed by atoms with Crippen LogP contribution in [0.4, 0.5) is 0 Å². The summed E-state index contributed by atoms with van der Waals surface area (Å²) < 4.78 is 6.35. The van der Waals surface area contributed by atoms with E-state index >= 15 is 0 Å². The molecular formula is C14H24O. The summed E-state index contributed by atoms with van der Waals surface area (Å²) >= 11 is 0. The average molecular weight is 208 g/mol. The Morgan fingerprint density at radius 3 is 2.67 bits per heavy atom. The Kier molecular flexibility index (Phi) is 2.03. The van der Waals surface area contributed by atoms with Crippen molar-refractivity contribution in [1.29, 1.82) is 0 Å². The largest absolute Gasteiger partial charge is 0.374 e. The first-order valence-electron chi connectivity index (χ1n) is 6.65. The molecule has 2 aliphatic carbocycles. The predicted octanol–water partition coefficient (Wildman–Crippen LogP) is 3.63. The minimum Gasteiger partial charge on any atom is -0.374 e. The van der Waals surface area contributed by atoms with E-state index in [9.17, 15) is 0 Å². The van der Waals surface area contributed by atoms with Crippen LogP contribution < -0.4 is 0 Å². The molecule has 0 aromatic heterocycles. The van der Waals surface area contributed by atoms with Crippen molar-refractivity contribution in [3.8, 4) is 0 Å². The molecule has 86 valence electrons. The van der Waals surface area contributed by atoms with Gasteiger partial charge < -0.3 is 4.74 Å². The second-order valence-corrected chi connectivity index (χ2v) is 7.12. The number of hydrogen-bond acceptors (Lipinski definition) is 1. The molecule has 2 saturated carbocycles. The minimum atomic E-state index is 0.261. The third kappa shape index (κ3) is 1.63. The normalized spacial score (nSPS) is 52.6. The fourth-order valence-corrected chi connectivity index (χ4v) is 4.24. The Labute approximate surface area is 93.6 Å². The van der Waals surface area contributed by atoms with Gasteiger partial charge in [-0.1, -0.05) is 20.8 Å². The van der Waals surface area contributed by atoms with Gasteiger partial charge in [0, 0.05) is 0 Å². The van der Waals surface area contributed by atoms with Crippen LogP contribution in [0, 0.1) is 23.2 Å². The summed E-state index contributed by atoms with van der Waals surface area (Å²) in [6.45, 7) is 8.29. The quantitative estimate of drug-likeness (QED) is 0.590. The maximum atomic E-state index is 6.35. The van der Waals surface area contributed by atoms with Gasteiger partial charge in [-0.15, -0.1) is 0 Å². The summed E-state index contributed by atoms with van der Waals surface area (Å²) in [4.78, 5) is 0. The Balaban J connectivity index is 1.78. The molecule has 1 spiro atoms. The van der Waals surface area contributed by atoms with Gasteiger partial charge in [-0.3, -0.25) is 0 Å². The molecule has 0 radical (unpaired) electrons. The number of hydrogen-bond donors (Lipinski definition) is 0. The standard InChI is InChI=1S/C14H24O/c1-10-7-13(2,3)9-14(10)5-4-11-6-12(11)8-15-14/h10-12H,4-9H2,1-3H3/t10-,11-,12+,14-/m1/s1. The summed E-state index contributed by atoms with van der Waals surface area (Å²) in [5.74, 6) is 2.73. The molecule has 0 amide bonds. The van der Waals surface area contributed by atoms with Crippen LogP contribution in [-0.4, -0.2) is 12.2 Å². The van der Waals surface area contributed by atoms with Crippen molar-refractivity contribution in [3.63, 3.8) is 0 Å². The van der Waals surface area contributed by atoms with Crippen molar-refractivity contribution in [2.45, 2.75) is 58.5 Å². The monoisotopic (exact) mass is 208 g/mol. The van der Waals surface area contributed by atoms with E-state index in [1.165, 1.54) is 32.1 Å². The SMILES string of the molecule is C[C@@H]1CC(C)(C)C[C@]12CC[C@@H]1C[C@H]1CO2. The fourth-order valence-electron chi connectivity index (χ4n) is 4.24. The summed E-state index contributed by atoms with van der Waals surface area (Å²) in [5.41, 5.74) is 0.769. The Morgan fingerprint density at radius 1 is 1.20 bits per heavy atom. The van der Waals surface area contributed by atoms with Crippen LogP contribution in [0.15, 0.2) is 0 Å². The Bertz CT molecular complexity index is 257.